The number of ether oxygens (including phenoxy) is 2. The van der Waals surface area contributed by atoms with Gasteiger partial charge in [0.15, 0.2) is 0 Å². The summed E-state index contributed by atoms with van der Waals surface area (Å²) in [5.74, 6) is 0.634. The lowest BCUT2D eigenvalue weighted by Gasteiger charge is -2.21. The summed E-state index contributed by atoms with van der Waals surface area (Å²) in [4.78, 5) is 36.3. The summed E-state index contributed by atoms with van der Waals surface area (Å²) in [6.07, 6.45) is -0.0202. The van der Waals surface area contributed by atoms with Crippen LogP contribution >= 0.6 is 0 Å². The Balaban J connectivity index is 1.51. The van der Waals surface area contributed by atoms with Gasteiger partial charge in [-0.2, -0.15) is 0 Å². The van der Waals surface area contributed by atoms with Crippen molar-refractivity contribution in [3.63, 3.8) is 0 Å². The molecule has 0 saturated heterocycles. The van der Waals surface area contributed by atoms with Gasteiger partial charge in [0.1, 0.15) is 11.5 Å². The summed E-state index contributed by atoms with van der Waals surface area (Å²) >= 11 is 0. The second-order valence-corrected chi connectivity index (χ2v) is 6.97. The maximum atomic E-state index is 12.8. The number of carbonyl (C=O) groups excluding carboxylic acids is 2. The number of nitro groups is 1. The fraction of sp³-hybridized carbons (Fsp3) is 0.167. The fourth-order valence-corrected chi connectivity index (χ4v) is 2.96. The molecular weight excluding hydrogens is 426 g/mol. The number of hydrogen-bond acceptors (Lipinski definition) is 6. The molecule has 33 heavy (non-hydrogen) atoms. The third-order valence-electron chi connectivity index (χ3n) is 4.66. The summed E-state index contributed by atoms with van der Waals surface area (Å²) in [5.41, 5.74) is 0.788. The maximum absolute atomic E-state index is 12.8. The minimum Gasteiger partial charge on any atom is -0.491 e. The van der Waals surface area contributed by atoms with Gasteiger partial charge in [0, 0.05) is 31.3 Å². The average molecular weight is 449 g/mol. The molecule has 0 unspecified atom stereocenters. The van der Waals surface area contributed by atoms with Gasteiger partial charge in [-0.05, 0) is 42.8 Å². The molecule has 3 aromatic carbocycles. The molecule has 3 aromatic rings. The molecule has 2 amide bonds. The van der Waals surface area contributed by atoms with E-state index in [9.17, 15) is 19.7 Å². The number of nitro benzene ring substituents is 1. The van der Waals surface area contributed by atoms with E-state index in [2.05, 4.69) is 5.32 Å². The molecule has 0 fully saturated rings. The van der Waals surface area contributed by atoms with Gasteiger partial charge in [0.2, 0.25) is 0 Å². The van der Waals surface area contributed by atoms with Crippen molar-refractivity contribution in [1.29, 1.82) is 0 Å². The van der Waals surface area contributed by atoms with Gasteiger partial charge in [0.25, 0.3) is 11.6 Å². The van der Waals surface area contributed by atoms with E-state index in [0.717, 1.165) is 0 Å². The predicted octanol–water partition coefficient (Wildman–Crippen LogP) is 4.43. The largest absolute Gasteiger partial charge is 0.491 e. The van der Waals surface area contributed by atoms with E-state index >= 15 is 0 Å². The predicted molar refractivity (Wildman–Crippen MR) is 123 cm³/mol. The molecule has 9 heteroatoms. The zero-order valence-electron chi connectivity index (χ0n) is 18.0. The first-order valence-corrected chi connectivity index (χ1v) is 10.2. The minimum atomic E-state index is -0.546. The van der Waals surface area contributed by atoms with Crippen molar-refractivity contribution in [3.8, 4) is 11.5 Å². The third kappa shape index (κ3) is 6.54. The Morgan fingerprint density at radius 1 is 0.970 bits per heavy atom. The molecule has 0 aliphatic carbocycles. The zero-order chi connectivity index (χ0) is 23.6. The van der Waals surface area contributed by atoms with E-state index in [-0.39, 0.29) is 11.6 Å². The highest BCUT2D eigenvalue weighted by molar-refractivity contribution is 6.06. The van der Waals surface area contributed by atoms with Crippen molar-refractivity contribution in [3.05, 3.63) is 94.5 Å². The Morgan fingerprint density at radius 2 is 1.64 bits per heavy atom. The number of benzene rings is 3. The number of rotatable bonds is 9. The molecule has 0 radical (unpaired) electrons. The number of anilines is 1. The molecule has 0 aliphatic rings. The van der Waals surface area contributed by atoms with Crippen molar-refractivity contribution >= 4 is 23.4 Å². The van der Waals surface area contributed by atoms with Crippen LogP contribution in [0.5, 0.6) is 11.5 Å². The topological polar surface area (TPSA) is 111 Å². The van der Waals surface area contributed by atoms with Crippen LogP contribution in [0, 0.1) is 10.1 Å². The lowest BCUT2D eigenvalue weighted by Crippen LogP contribution is -2.29. The molecule has 3 rings (SSSR count). The Morgan fingerprint density at radius 3 is 2.33 bits per heavy atom. The van der Waals surface area contributed by atoms with E-state index in [1.54, 1.807) is 55.6 Å². The highest BCUT2D eigenvalue weighted by Gasteiger charge is 2.18. The molecule has 0 aliphatic heterocycles. The van der Waals surface area contributed by atoms with Crippen molar-refractivity contribution < 1.29 is 24.0 Å². The molecule has 9 nitrogen and oxygen atoms in total. The summed E-state index contributed by atoms with van der Waals surface area (Å²) < 4.78 is 11.0. The number of amides is 2. The number of para-hydroxylation sites is 3. The van der Waals surface area contributed by atoms with Crippen molar-refractivity contribution in [2.75, 3.05) is 25.1 Å². The summed E-state index contributed by atoms with van der Waals surface area (Å²) in [5, 5.41) is 13.5. The average Bonchev–Trinajstić information content (AvgIpc) is 2.84. The Hall–Kier alpha value is -4.40. The van der Waals surface area contributed by atoms with Crippen LogP contribution in [-0.2, 0) is 0 Å². The quantitative estimate of drug-likeness (QED) is 0.294. The van der Waals surface area contributed by atoms with Gasteiger partial charge in [-0.1, -0.05) is 30.3 Å². The Labute approximate surface area is 190 Å². The number of non-ortho nitro benzene ring substituents is 1. The van der Waals surface area contributed by atoms with E-state index in [4.69, 9.17) is 9.47 Å². The van der Waals surface area contributed by atoms with Crippen LogP contribution < -0.4 is 19.7 Å². The molecule has 0 heterocycles. The van der Waals surface area contributed by atoms with Gasteiger partial charge >= 0.3 is 6.09 Å². The normalized spacial score (nSPS) is 10.2. The van der Waals surface area contributed by atoms with E-state index < -0.39 is 11.0 Å². The van der Waals surface area contributed by atoms with E-state index in [1.165, 1.54) is 29.2 Å². The second-order valence-electron chi connectivity index (χ2n) is 6.97. The van der Waals surface area contributed by atoms with E-state index in [0.29, 0.717) is 42.3 Å². The summed E-state index contributed by atoms with van der Waals surface area (Å²) in [6, 6.07) is 21.2. The van der Waals surface area contributed by atoms with Crippen molar-refractivity contribution in [2.45, 2.75) is 6.42 Å². The first kappa shape index (κ1) is 23.3. The molecule has 0 spiro atoms. The standard InChI is InChI=1S/C24H23N3O6/c1-26(23(28)18-12-14-19(15-13-18)27(30)31)21-10-5-6-11-22(21)32-17-7-16-25-24(29)33-20-8-3-2-4-9-20/h2-6,8-15H,7,16-17H2,1H3,(H,25,29). The molecule has 1 N–H and O–H groups in total. The molecule has 170 valence electrons. The fourth-order valence-electron chi connectivity index (χ4n) is 2.96. The zero-order valence-corrected chi connectivity index (χ0v) is 18.0. The first-order valence-electron chi connectivity index (χ1n) is 10.2. The first-order chi connectivity index (χ1) is 16.0. The monoisotopic (exact) mass is 449 g/mol. The summed E-state index contributed by atoms with van der Waals surface area (Å²) in [6.45, 7) is 0.660. The van der Waals surface area contributed by atoms with Gasteiger partial charge < -0.3 is 19.7 Å². The second kappa shape index (κ2) is 11.3. The Bertz CT molecular complexity index is 1100. The summed E-state index contributed by atoms with van der Waals surface area (Å²) in [7, 11) is 1.60. The molecule has 0 saturated carbocycles. The number of carbonyl (C=O) groups is 2. The maximum Gasteiger partial charge on any atom is 0.412 e. The third-order valence-corrected chi connectivity index (χ3v) is 4.66. The lowest BCUT2D eigenvalue weighted by atomic mass is 10.1. The van der Waals surface area contributed by atoms with Crippen LogP contribution in [0.15, 0.2) is 78.9 Å². The lowest BCUT2D eigenvalue weighted by molar-refractivity contribution is -0.384. The molecule has 0 aromatic heterocycles. The van der Waals surface area contributed by atoms with Gasteiger partial charge in [-0.25, -0.2) is 4.79 Å². The van der Waals surface area contributed by atoms with Crippen LogP contribution in [0.1, 0.15) is 16.8 Å². The van der Waals surface area contributed by atoms with Gasteiger partial charge in [-0.3, -0.25) is 14.9 Å². The van der Waals surface area contributed by atoms with Crippen LogP contribution in [0.2, 0.25) is 0 Å². The molecular formula is C24H23N3O6. The van der Waals surface area contributed by atoms with Crippen molar-refractivity contribution in [2.24, 2.45) is 0 Å². The van der Waals surface area contributed by atoms with Gasteiger partial charge in [-0.15, -0.1) is 0 Å². The Kier molecular flexibility index (Phi) is 7.96. The van der Waals surface area contributed by atoms with Crippen LogP contribution in [0.3, 0.4) is 0 Å². The molecule has 0 bridgehead atoms. The van der Waals surface area contributed by atoms with Crippen molar-refractivity contribution in [1.82, 2.24) is 5.32 Å². The minimum absolute atomic E-state index is 0.0841. The number of nitrogens with zero attached hydrogens (tertiary/aromatic N) is 2. The number of nitrogens with one attached hydrogen (secondary N) is 1. The van der Waals surface area contributed by atoms with E-state index in [1.807, 2.05) is 6.07 Å². The number of hydrogen-bond donors (Lipinski definition) is 1. The SMILES string of the molecule is CN(C(=O)c1ccc([N+](=O)[O-])cc1)c1ccccc1OCCCNC(=O)Oc1ccccc1. The van der Waals surface area contributed by atoms with Crippen LogP contribution in [0.4, 0.5) is 16.2 Å². The molecule has 0 atom stereocenters. The highest BCUT2D eigenvalue weighted by Crippen LogP contribution is 2.28. The highest BCUT2D eigenvalue weighted by atomic mass is 16.6. The van der Waals surface area contributed by atoms with Crippen LogP contribution in [0.25, 0.3) is 0 Å². The van der Waals surface area contributed by atoms with Gasteiger partial charge in [0.05, 0.1) is 17.2 Å². The smallest absolute Gasteiger partial charge is 0.412 e. The van der Waals surface area contributed by atoms with Crippen LogP contribution in [-0.4, -0.2) is 37.1 Å².